The lowest BCUT2D eigenvalue weighted by atomic mass is 10.0. The summed E-state index contributed by atoms with van der Waals surface area (Å²) in [5, 5.41) is 0. The normalized spacial score (nSPS) is 17.6. The van der Waals surface area contributed by atoms with Crippen LogP contribution < -0.4 is 0 Å². The summed E-state index contributed by atoms with van der Waals surface area (Å²) in [6.45, 7) is 11.5. The number of alkyl halides is 3. The Labute approximate surface area is 117 Å². The molecule has 0 fully saturated rings. The molecule has 0 saturated heterocycles. The van der Waals surface area contributed by atoms with Crippen molar-refractivity contribution in [2.75, 3.05) is 6.54 Å². The fraction of sp³-hybridized carbons (Fsp3) is 0.786. The zero-order chi connectivity index (χ0) is 15.3. The van der Waals surface area contributed by atoms with Crippen LogP contribution in [0.5, 0.6) is 0 Å². The summed E-state index contributed by atoms with van der Waals surface area (Å²) >= 11 is 0. The number of hydrogen-bond donors (Lipinski definition) is 0. The second-order valence-electron chi connectivity index (χ2n) is 6.66. The third-order valence-corrected chi connectivity index (χ3v) is 3.79. The monoisotopic (exact) mass is 289 g/mol. The van der Waals surface area contributed by atoms with Gasteiger partial charge >= 0.3 is 6.18 Å². The molecular formula is C14H22F3N3. The average Bonchev–Trinajstić information content (AvgIpc) is 2.65. The Morgan fingerprint density at radius 1 is 1.10 bits per heavy atom. The molecule has 114 valence electrons. The Morgan fingerprint density at radius 2 is 1.70 bits per heavy atom. The molecule has 6 heteroatoms. The van der Waals surface area contributed by atoms with Crippen molar-refractivity contribution in [3.63, 3.8) is 0 Å². The van der Waals surface area contributed by atoms with Crippen molar-refractivity contribution in [1.82, 2.24) is 14.5 Å². The minimum absolute atomic E-state index is 0.00716. The van der Waals surface area contributed by atoms with Crippen molar-refractivity contribution in [3.8, 4) is 0 Å². The molecule has 0 atom stereocenters. The minimum Gasteiger partial charge on any atom is -0.322 e. The number of hydrogen-bond acceptors (Lipinski definition) is 2. The number of halogens is 3. The maximum absolute atomic E-state index is 13.1. The van der Waals surface area contributed by atoms with Crippen LogP contribution in [0.15, 0.2) is 0 Å². The van der Waals surface area contributed by atoms with Gasteiger partial charge in [0.25, 0.3) is 0 Å². The SMILES string of the molecule is CC(C)c1nc(C(F)(F)F)n2c1CN(C(C)(C)C)CC2. The Hall–Kier alpha value is -1.04. The molecular weight excluding hydrogens is 267 g/mol. The zero-order valence-corrected chi connectivity index (χ0v) is 12.7. The quantitative estimate of drug-likeness (QED) is 0.787. The maximum atomic E-state index is 13.1. The second-order valence-corrected chi connectivity index (χ2v) is 6.66. The number of nitrogens with zero attached hydrogens (tertiary/aromatic N) is 3. The largest absolute Gasteiger partial charge is 0.449 e. The van der Waals surface area contributed by atoms with Crippen molar-refractivity contribution < 1.29 is 13.2 Å². The van der Waals surface area contributed by atoms with E-state index in [0.29, 0.717) is 31.0 Å². The molecule has 20 heavy (non-hydrogen) atoms. The van der Waals surface area contributed by atoms with E-state index in [1.54, 1.807) is 0 Å². The maximum Gasteiger partial charge on any atom is 0.449 e. The number of fused-ring (bicyclic) bond motifs is 1. The van der Waals surface area contributed by atoms with E-state index in [-0.39, 0.29) is 11.5 Å². The van der Waals surface area contributed by atoms with Gasteiger partial charge in [-0.15, -0.1) is 0 Å². The molecule has 1 aliphatic heterocycles. The van der Waals surface area contributed by atoms with Gasteiger partial charge < -0.3 is 4.57 Å². The molecule has 0 aromatic carbocycles. The van der Waals surface area contributed by atoms with E-state index in [4.69, 9.17) is 0 Å². The van der Waals surface area contributed by atoms with Crippen molar-refractivity contribution in [1.29, 1.82) is 0 Å². The summed E-state index contributed by atoms with van der Waals surface area (Å²) in [7, 11) is 0. The molecule has 0 N–H and O–H groups in total. The van der Waals surface area contributed by atoms with Gasteiger partial charge in [0.2, 0.25) is 5.82 Å². The van der Waals surface area contributed by atoms with Crippen LogP contribution in [0.2, 0.25) is 0 Å². The predicted molar refractivity (Wildman–Crippen MR) is 71.5 cm³/mol. The van der Waals surface area contributed by atoms with E-state index in [1.807, 2.05) is 13.8 Å². The van der Waals surface area contributed by atoms with Crippen LogP contribution in [0.1, 0.15) is 57.7 Å². The van der Waals surface area contributed by atoms with E-state index in [9.17, 15) is 13.2 Å². The van der Waals surface area contributed by atoms with Gasteiger partial charge in [-0.3, -0.25) is 4.90 Å². The third kappa shape index (κ3) is 2.71. The molecule has 1 aromatic heterocycles. The van der Waals surface area contributed by atoms with Gasteiger partial charge in [-0.1, -0.05) is 13.8 Å². The molecule has 0 bridgehead atoms. The lowest BCUT2D eigenvalue weighted by Crippen LogP contribution is -2.46. The van der Waals surface area contributed by atoms with Crippen molar-refractivity contribution >= 4 is 0 Å². The highest BCUT2D eigenvalue weighted by Gasteiger charge is 2.41. The van der Waals surface area contributed by atoms with Crippen molar-refractivity contribution in [2.24, 2.45) is 0 Å². The van der Waals surface area contributed by atoms with E-state index in [1.165, 1.54) is 4.57 Å². The first-order valence-corrected chi connectivity index (χ1v) is 6.93. The van der Waals surface area contributed by atoms with Gasteiger partial charge in [0.05, 0.1) is 11.4 Å². The summed E-state index contributed by atoms with van der Waals surface area (Å²) in [4.78, 5) is 6.09. The minimum atomic E-state index is -4.38. The van der Waals surface area contributed by atoms with E-state index in [0.717, 1.165) is 0 Å². The van der Waals surface area contributed by atoms with Crippen LogP contribution in [0.3, 0.4) is 0 Å². The van der Waals surface area contributed by atoms with Crippen molar-refractivity contribution in [3.05, 3.63) is 17.2 Å². The molecule has 0 saturated carbocycles. The number of rotatable bonds is 1. The first-order valence-electron chi connectivity index (χ1n) is 6.93. The molecule has 3 nitrogen and oxygen atoms in total. The van der Waals surface area contributed by atoms with Gasteiger partial charge in [-0.2, -0.15) is 13.2 Å². The highest BCUT2D eigenvalue weighted by molar-refractivity contribution is 5.23. The first-order chi connectivity index (χ1) is 9.01. The molecule has 0 aliphatic carbocycles. The van der Waals surface area contributed by atoms with Crippen LogP contribution in [0, 0.1) is 0 Å². The molecule has 0 amide bonds. The summed E-state index contributed by atoms with van der Waals surface area (Å²) in [5.41, 5.74) is 1.24. The molecule has 2 rings (SSSR count). The summed E-state index contributed by atoms with van der Waals surface area (Å²) in [6, 6.07) is 0. The van der Waals surface area contributed by atoms with E-state index < -0.39 is 12.0 Å². The third-order valence-electron chi connectivity index (χ3n) is 3.79. The van der Waals surface area contributed by atoms with Crippen LogP contribution in [-0.2, 0) is 19.3 Å². The first kappa shape index (κ1) is 15.4. The molecule has 0 spiro atoms. The van der Waals surface area contributed by atoms with Crippen LogP contribution in [0.25, 0.3) is 0 Å². The topological polar surface area (TPSA) is 21.1 Å². The van der Waals surface area contributed by atoms with E-state index in [2.05, 4.69) is 30.7 Å². The van der Waals surface area contributed by atoms with E-state index >= 15 is 0 Å². The molecule has 1 aromatic rings. The smallest absolute Gasteiger partial charge is 0.322 e. The van der Waals surface area contributed by atoms with Gasteiger partial charge in [-0.05, 0) is 26.7 Å². The van der Waals surface area contributed by atoms with Crippen LogP contribution >= 0.6 is 0 Å². The molecule has 0 unspecified atom stereocenters. The average molecular weight is 289 g/mol. The lowest BCUT2D eigenvalue weighted by molar-refractivity contribution is -0.148. The second kappa shape index (κ2) is 4.76. The highest BCUT2D eigenvalue weighted by atomic mass is 19.4. The van der Waals surface area contributed by atoms with Crippen LogP contribution in [-0.4, -0.2) is 26.5 Å². The van der Waals surface area contributed by atoms with Gasteiger partial charge in [0.1, 0.15) is 0 Å². The fourth-order valence-electron chi connectivity index (χ4n) is 2.64. The van der Waals surface area contributed by atoms with Gasteiger partial charge in [0, 0.05) is 25.2 Å². The summed E-state index contributed by atoms with van der Waals surface area (Å²) in [6.07, 6.45) is -4.38. The Bertz CT molecular complexity index is 495. The summed E-state index contributed by atoms with van der Waals surface area (Å²) in [5.74, 6) is -0.753. The van der Waals surface area contributed by atoms with Crippen LogP contribution in [0.4, 0.5) is 13.2 Å². The predicted octanol–water partition coefficient (Wildman–Crippen LogP) is 3.64. The highest BCUT2D eigenvalue weighted by Crippen LogP contribution is 2.35. The van der Waals surface area contributed by atoms with Gasteiger partial charge in [-0.25, -0.2) is 4.98 Å². The fourth-order valence-corrected chi connectivity index (χ4v) is 2.64. The zero-order valence-electron chi connectivity index (χ0n) is 12.7. The number of aromatic nitrogens is 2. The van der Waals surface area contributed by atoms with Crippen molar-refractivity contribution in [2.45, 2.75) is 65.3 Å². The number of imidazole rings is 1. The standard InChI is InChI=1S/C14H22F3N3/c1-9(2)11-10-8-19(13(3,4)5)6-7-20(10)12(18-11)14(15,16)17/h9H,6-8H2,1-5H3. The molecule has 0 radical (unpaired) electrons. The Morgan fingerprint density at radius 3 is 2.15 bits per heavy atom. The lowest BCUT2D eigenvalue weighted by Gasteiger charge is -2.39. The summed E-state index contributed by atoms with van der Waals surface area (Å²) < 4.78 is 40.6. The van der Waals surface area contributed by atoms with Gasteiger partial charge in [0.15, 0.2) is 0 Å². The molecule has 1 aliphatic rings. The molecule has 2 heterocycles. The Balaban J connectivity index is 2.48. The Kier molecular flexibility index (Phi) is 3.65.